The summed E-state index contributed by atoms with van der Waals surface area (Å²) >= 11 is -2.78. The van der Waals surface area contributed by atoms with Crippen LogP contribution in [0.15, 0.2) is 0 Å². The molecule has 1 rings (SSSR count). The molecule has 15 heavy (non-hydrogen) atoms. The zero-order valence-electron chi connectivity index (χ0n) is 7.42. The molecule has 1 aliphatic rings. The van der Waals surface area contributed by atoms with E-state index in [1.54, 1.807) is 0 Å². The van der Waals surface area contributed by atoms with Crippen LogP contribution in [0.5, 0.6) is 0 Å². The molecule has 1 saturated heterocycles. The van der Waals surface area contributed by atoms with E-state index >= 15 is 0 Å². The van der Waals surface area contributed by atoms with Gasteiger partial charge < -0.3 is 29.7 Å². The maximum absolute atomic E-state index is 10.0. The Hall–Kier alpha value is -0.130. The standard InChI is InChI=1S/C6H12O8S/c7-3-2(1-13-15(11)12)14-6(10)5(9)4(3)8/h2-10H,1H2,(H,11,12)/p-1/t2?,3-,4+,5?,6?/m0/s1. The zero-order chi connectivity index (χ0) is 11.6. The van der Waals surface area contributed by atoms with E-state index in [2.05, 4.69) is 8.92 Å². The predicted molar refractivity (Wildman–Crippen MR) is 43.8 cm³/mol. The largest absolute Gasteiger partial charge is 0.750 e. The van der Waals surface area contributed by atoms with Crippen molar-refractivity contribution >= 4 is 11.4 Å². The second-order valence-corrected chi connectivity index (χ2v) is 3.67. The first-order chi connectivity index (χ1) is 6.93. The molecular weight excluding hydrogens is 232 g/mol. The SMILES string of the molecule is O=S([O-])OCC1OC(O)C(O)[C@H](O)[C@H]1O. The first-order valence-corrected chi connectivity index (χ1v) is 5.03. The fourth-order valence-electron chi connectivity index (χ4n) is 1.19. The summed E-state index contributed by atoms with van der Waals surface area (Å²) in [6.45, 7) is -0.557. The fourth-order valence-corrected chi connectivity index (χ4v) is 1.44. The Morgan fingerprint density at radius 3 is 2.33 bits per heavy atom. The molecule has 4 unspecified atom stereocenters. The van der Waals surface area contributed by atoms with Crippen molar-refractivity contribution in [3.8, 4) is 0 Å². The topological polar surface area (TPSA) is 140 Å². The molecule has 0 radical (unpaired) electrons. The highest BCUT2D eigenvalue weighted by atomic mass is 32.2. The minimum absolute atomic E-state index is 0.557. The highest BCUT2D eigenvalue weighted by Crippen LogP contribution is 2.19. The van der Waals surface area contributed by atoms with Crippen molar-refractivity contribution in [2.75, 3.05) is 6.61 Å². The van der Waals surface area contributed by atoms with Crippen LogP contribution < -0.4 is 0 Å². The zero-order valence-corrected chi connectivity index (χ0v) is 8.24. The molecule has 8 nitrogen and oxygen atoms in total. The van der Waals surface area contributed by atoms with Crippen molar-refractivity contribution in [3.63, 3.8) is 0 Å². The molecule has 0 saturated carbocycles. The summed E-state index contributed by atoms with van der Waals surface area (Å²) in [5, 5.41) is 36.6. The molecule has 1 aliphatic heterocycles. The van der Waals surface area contributed by atoms with Crippen LogP contribution in [0, 0.1) is 0 Å². The second-order valence-electron chi connectivity index (χ2n) is 3.03. The molecule has 4 N–H and O–H groups in total. The minimum atomic E-state index is -2.78. The van der Waals surface area contributed by atoms with E-state index in [1.807, 2.05) is 0 Å². The second kappa shape index (κ2) is 5.27. The van der Waals surface area contributed by atoms with Crippen LogP contribution in [-0.2, 0) is 20.3 Å². The van der Waals surface area contributed by atoms with Gasteiger partial charge in [0.05, 0.1) is 18.0 Å². The molecule has 1 heterocycles. The van der Waals surface area contributed by atoms with E-state index in [1.165, 1.54) is 0 Å². The molecule has 0 amide bonds. The Morgan fingerprint density at radius 1 is 1.20 bits per heavy atom. The molecule has 0 aromatic heterocycles. The molecule has 0 aromatic carbocycles. The summed E-state index contributed by atoms with van der Waals surface area (Å²) < 4.78 is 28.8. The summed E-state index contributed by atoms with van der Waals surface area (Å²) in [4.78, 5) is 0. The first kappa shape index (κ1) is 12.9. The van der Waals surface area contributed by atoms with E-state index in [9.17, 15) is 19.0 Å². The summed E-state index contributed by atoms with van der Waals surface area (Å²) in [6, 6.07) is 0. The van der Waals surface area contributed by atoms with Gasteiger partial charge in [-0.15, -0.1) is 0 Å². The van der Waals surface area contributed by atoms with E-state index in [0.29, 0.717) is 0 Å². The van der Waals surface area contributed by atoms with Gasteiger partial charge in [-0.2, -0.15) is 0 Å². The van der Waals surface area contributed by atoms with Gasteiger partial charge in [-0.05, 0) is 0 Å². The molecular formula is C6H11O8S-. The normalized spacial score (nSPS) is 43.9. The summed E-state index contributed by atoms with van der Waals surface area (Å²) in [6.07, 6.45) is -7.73. The quantitative estimate of drug-likeness (QED) is 0.376. The fraction of sp³-hybridized carbons (Fsp3) is 1.00. The van der Waals surface area contributed by atoms with Gasteiger partial charge in [-0.3, -0.25) is 4.18 Å². The summed E-state index contributed by atoms with van der Waals surface area (Å²) in [5.41, 5.74) is 0. The van der Waals surface area contributed by atoms with E-state index < -0.39 is 48.7 Å². The minimum Gasteiger partial charge on any atom is -0.750 e. The lowest BCUT2D eigenvalue weighted by molar-refractivity contribution is -0.285. The van der Waals surface area contributed by atoms with Crippen LogP contribution in [0.2, 0.25) is 0 Å². The van der Waals surface area contributed by atoms with Gasteiger partial charge in [-0.1, -0.05) is 0 Å². The van der Waals surface area contributed by atoms with Crippen LogP contribution in [0.25, 0.3) is 0 Å². The van der Waals surface area contributed by atoms with Crippen LogP contribution in [0.1, 0.15) is 0 Å². The summed E-state index contributed by atoms with van der Waals surface area (Å²) in [5.74, 6) is 0. The monoisotopic (exact) mass is 243 g/mol. The molecule has 0 bridgehead atoms. The van der Waals surface area contributed by atoms with E-state index in [4.69, 9.17) is 10.2 Å². The number of aliphatic hydroxyl groups excluding tert-OH is 4. The predicted octanol–water partition coefficient (Wildman–Crippen LogP) is -3.40. The van der Waals surface area contributed by atoms with Crippen molar-refractivity contribution in [1.82, 2.24) is 0 Å². The molecule has 0 spiro atoms. The maximum atomic E-state index is 10.0. The number of ether oxygens (including phenoxy) is 1. The highest BCUT2D eigenvalue weighted by molar-refractivity contribution is 7.74. The average molecular weight is 243 g/mol. The van der Waals surface area contributed by atoms with E-state index in [0.717, 1.165) is 0 Å². The van der Waals surface area contributed by atoms with Crippen molar-refractivity contribution in [1.29, 1.82) is 0 Å². The third-order valence-corrected chi connectivity index (χ3v) is 2.34. The molecule has 6 atom stereocenters. The molecule has 9 heteroatoms. The van der Waals surface area contributed by atoms with Crippen LogP contribution in [0.3, 0.4) is 0 Å². The Morgan fingerprint density at radius 2 is 1.80 bits per heavy atom. The highest BCUT2D eigenvalue weighted by Gasteiger charge is 2.43. The summed E-state index contributed by atoms with van der Waals surface area (Å²) in [7, 11) is 0. The smallest absolute Gasteiger partial charge is 0.184 e. The van der Waals surface area contributed by atoms with Crippen molar-refractivity contribution in [2.45, 2.75) is 30.7 Å². The van der Waals surface area contributed by atoms with Gasteiger partial charge >= 0.3 is 0 Å². The van der Waals surface area contributed by atoms with Crippen LogP contribution >= 0.6 is 0 Å². The van der Waals surface area contributed by atoms with Crippen LogP contribution in [-0.4, -0.2) is 66.5 Å². The van der Waals surface area contributed by atoms with Gasteiger partial charge in [0, 0.05) is 0 Å². The average Bonchev–Trinajstić information content (AvgIpc) is 2.18. The third kappa shape index (κ3) is 3.16. The Kier molecular flexibility index (Phi) is 4.55. The van der Waals surface area contributed by atoms with Crippen LogP contribution in [0.4, 0.5) is 0 Å². The van der Waals surface area contributed by atoms with Crippen molar-refractivity contribution in [3.05, 3.63) is 0 Å². The first-order valence-electron chi connectivity index (χ1n) is 4.03. The van der Waals surface area contributed by atoms with E-state index in [-0.39, 0.29) is 0 Å². The van der Waals surface area contributed by atoms with Gasteiger partial charge in [0.25, 0.3) is 0 Å². The van der Waals surface area contributed by atoms with Gasteiger partial charge in [0.1, 0.15) is 24.4 Å². The van der Waals surface area contributed by atoms with Gasteiger partial charge in [0.2, 0.25) is 0 Å². The maximum Gasteiger partial charge on any atom is 0.184 e. The van der Waals surface area contributed by atoms with Gasteiger partial charge in [0.15, 0.2) is 6.29 Å². The Labute approximate surface area is 87.5 Å². The molecule has 0 aliphatic carbocycles. The Bertz CT molecular complexity index is 235. The number of hydrogen-bond acceptors (Lipinski definition) is 8. The molecule has 90 valence electrons. The Balaban J connectivity index is 2.54. The molecule has 0 aromatic rings. The van der Waals surface area contributed by atoms with Gasteiger partial charge in [-0.25, -0.2) is 4.21 Å². The lowest BCUT2D eigenvalue weighted by Crippen LogP contribution is -2.58. The number of rotatable bonds is 3. The molecule has 1 fully saturated rings. The lowest BCUT2D eigenvalue weighted by atomic mass is 10.00. The van der Waals surface area contributed by atoms with Crippen molar-refractivity contribution in [2.24, 2.45) is 0 Å². The van der Waals surface area contributed by atoms with Crippen molar-refractivity contribution < 1.29 is 38.1 Å². The lowest BCUT2D eigenvalue weighted by Gasteiger charge is -2.38. The third-order valence-electron chi connectivity index (χ3n) is 2.02. The number of aliphatic hydroxyl groups is 4. The number of hydrogen-bond donors (Lipinski definition) is 4.